The van der Waals surface area contributed by atoms with Crippen molar-refractivity contribution in [2.45, 2.75) is 19.8 Å². The third kappa shape index (κ3) is 3.48. The van der Waals surface area contributed by atoms with Crippen molar-refractivity contribution in [1.29, 1.82) is 0 Å². The molecule has 0 aromatic heterocycles. The molecule has 21 heavy (non-hydrogen) atoms. The second-order valence-electron chi connectivity index (χ2n) is 5.38. The summed E-state index contributed by atoms with van der Waals surface area (Å²) in [5.74, 6) is -1.01. The molecule has 0 saturated carbocycles. The Morgan fingerprint density at radius 3 is 2.19 bits per heavy atom. The summed E-state index contributed by atoms with van der Waals surface area (Å²) in [4.78, 5) is 37.5. The third-order valence-electron chi connectivity index (χ3n) is 3.91. The molecule has 1 aliphatic heterocycles. The van der Waals surface area contributed by atoms with Gasteiger partial charge in [-0.1, -0.05) is 29.8 Å². The van der Waals surface area contributed by atoms with Gasteiger partial charge in [-0.3, -0.25) is 14.4 Å². The van der Waals surface area contributed by atoms with Crippen molar-refractivity contribution in [3.63, 3.8) is 0 Å². The molecule has 5 nitrogen and oxygen atoms in total. The summed E-state index contributed by atoms with van der Waals surface area (Å²) in [5.41, 5.74) is 1.46. The first-order chi connectivity index (χ1) is 10.0. The Bertz CT molecular complexity index is 543. The Hall–Kier alpha value is -2.17. The standard InChI is InChI=1S/C16H20N2O3/c1-11-3-5-12(6-4-11)14(19)16(21)18-9-7-13(8-10-18)15(20)17-2/h3-6,13H,7-10H2,1-2H3,(H,17,20). The fourth-order valence-electron chi connectivity index (χ4n) is 2.52. The second-order valence-corrected chi connectivity index (χ2v) is 5.38. The van der Waals surface area contributed by atoms with Crippen LogP contribution in [-0.2, 0) is 9.59 Å². The number of aryl methyl sites for hydroxylation is 1. The molecule has 0 radical (unpaired) electrons. The monoisotopic (exact) mass is 288 g/mol. The molecule has 2 amide bonds. The molecule has 1 N–H and O–H groups in total. The predicted molar refractivity (Wildman–Crippen MR) is 78.9 cm³/mol. The number of ketones is 1. The SMILES string of the molecule is CNC(=O)C1CCN(C(=O)C(=O)c2ccc(C)cc2)CC1. The summed E-state index contributed by atoms with van der Waals surface area (Å²) in [7, 11) is 1.61. The van der Waals surface area contributed by atoms with Crippen molar-refractivity contribution >= 4 is 17.6 Å². The number of carbonyl (C=O) groups is 3. The van der Waals surface area contributed by atoms with Gasteiger partial charge in [-0.2, -0.15) is 0 Å². The van der Waals surface area contributed by atoms with Crippen molar-refractivity contribution in [2.75, 3.05) is 20.1 Å². The highest BCUT2D eigenvalue weighted by atomic mass is 16.2. The molecular formula is C16H20N2O3. The largest absolute Gasteiger partial charge is 0.359 e. The number of piperidine rings is 1. The highest BCUT2D eigenvalue weighted by Crippen LogP contribution is 2.18. The summed E-state index contributed by atoms with van der Waals surface area (Å²) >= 11 is 0. The van der Waals surface area contributed by atoms with E-state index in [9.17, 15) is 14.4 Å². The van der Waals surface area contributed by atoms with E-state index in [1.807, 2.05) is 19.1 Å². The first kappa shape index (κ1) is 15.2. The number of Topliss-reactive ketones (excluding diaryl/α,β-unsaturated/α-hetero) is 1. The zero-order valence-corrected chi connectivity index (χ0v) is 12.4. The molecule has 0 aliphatic carbocycles. The topological polar surface area (TPSA) is 66.5 Å². The highest BCUT2D eigenvalue weighted by molar-refractivity contribution is 6.42. The van der Waals surface area contributed by atoms with Crippen LogP contribution in [0.4, 0.5) is 0 Å². The number of hydrogen-bond acceptors (Lipinski definition) is 3. The van der Waals surface area contributed by atoms with Crippen LogP contribution < -0.4 is 5.32 Å². The van der Waals surface area contributed by atoms with Gasteiger partial charge in [-0.25, -0.2) is 0 Å². The molecule has 1 fully saturated rings. The van der Waals surface area contributed by atoms with Crippen LogP contribution in [0.25, 0.3) is 0 Å². The molecule has 0 spiro atoms. The van der Waals surface area contributed by atoms with Gasteiger partial charge in [0.1, 0.15) is 0 Å². The average molecular weight is 288 g/mol. The minimum atomic E-state index is -0.478. The number of likely N-dealkylation sites (tertiary alicyclic amines) is 1. The van der Waals surface area contributed by atoms with Gasteiger partial charge in [0.05, 0.1) is 0 Å². The number of nitrogens with zero attached hydrogens (tertiary/aromatic N) is 1. The zero-order chi connectivity index (χ0) is 15.4. The van der Waals surface area contributed by atoms with Crippen LogP contribution in [0.2, 0.25) is 0 Å². The van der Waals surface area contributed by atoms with Crippen LogP contribution in [-0.4, -0.2) is 42.6 Å². The zero-order valence-electron chi connectivity index (χ0n) is 12.4. The lowest BCUT2D eigenvalue weighted by atomic mass is 9.95. The highest BCUT2D eigenvalue weighted by Gasteiger charge is 2.29. The Morgan fingerprint density at radius 2 is 1.67 bits per heavy atom. The number of rotatable bonds is 3. The van der Waals surface area contributed by atoms with Crippen LogP contribution in [0.3, 0.4) is 0 Å². The molecular weight excluding hydrogens is 268 g/mol. The van der Waals surface area contributed by atoms with Crippen LogP contribution >= 0.6 is 0 Å². The Kier molecular flexibility index (Phi) is 4.73. The second kappa shape index (κ2) is 6.52. The molecule has 1 saturated heterocycles. The molecule has 1 aromatic carbocycles. The summed E-state index contributed by atoms with van der Waals surface area (Å²) in [6.45, 7) is 2.84. The van der Waals surface area contributed by atoms with E-state index in [1.165, 1.54) is 0 Å². The minimum Gasteiger partial charge on any atom is -0.359 e. The molecule has 1 aliphatic rings. The van der Waals surface area contributed by atoms with E-state index in [-0.39, 0.29) is 11.8 Å². The van der Waals surface area contributed by atoms with E-state index in [1.54, 1.807) is 24.1 Å². The minimum absolute atomic E-state index is 0.00644. The Balaban J connectivity index is 1.97. The van der Waals surface area contributed by atoms with E-state index in [0.29, 0.717) is 31.5 Å². The van der Waals surface area contributed by atoms with Gasteiger partial charge in [-0.05, 0) is 19.8 Å². The van der Waals surface area contributed by atoms with Gasteiger partial charge in [-0.15, -0.1) is 0 Å². The number of nitrogens with one attached hydrogen (secondary N) is 1. The fraction of sp³-hybridized carbons (Fsp3) is 0.438. The van der Waals surface area contributed by atoms with Gasteiger partial charge in [0.25, 0.3) is 5.91 Å². The molecule has 0 unspecified atom stereocenters. The number of carbonyl (C=O) groups excluding carboxylic acids is 3. The number of benzene rings is 1. The van der Waals surface area contributed by atoms with E-state index < -0.39 is 11.7 Å². The van der Waals surface area contributed by atoms with Gasteiger partial charge >= 0.3 is 0 Å². The van der Waals surface area contributed by atoms with Crippen molar-refractivity contribution in [1.82, 2.24) is 10.2 Å². The summed E-state index contributed by atoms with van der Waals surface area (Å²) in [6.07, 6.45) is 1.21. The van der Waals surface area contributed by atoms with Crippen molar-refractivity contribution in [3.8, 4) is 0 Å². The van der Waals surface area contributed by atoms with Crippen LogP contribution in [0.15, 0.2) is 24.3 Å². The van der Waals surface area contributed by atoms with Crippen molar-refractivity contribution in [2.24, 2.45) is 5.92 Å². The van der Waals surface area contributed by atoms with E-state index in [0.717, 1.165) is 5.56 Å². The summed E-state index contributed by atoms with van der Waals surface area (Å²) < 4.78 is 0. The van der Waals surface area contributed by atoms with E-state index >= 15 is 0 Å². The van der Waals surface area contributed by atoms with Gasteiger partial charge in [0.2, 0.25) is 11.7 Å². The maximum Gasteiger partial charge on any atom is 0.294 e. The number of amides is 2. The molecule has 5 heteroatoms. The Labute approximate surface area is 124 Å². The molecule has 0 atom stereocenters. The number of hydrogen-bond donors (Lipinski definition) is 1. The smallest absolute Gasteiger partial charge is 0.294 e. The Morgan fingerprint density at radius 1 is 1.10 bits per heavy atom. The van der Waals surface area contributed by atoms with Crippen molar-refractivity contribution in [3.05, 3.63) is 35.4 Å². The van der Waals surface area contributed by atoms with Crippen LogP contribution in [0.5, 0.6) is 0 Å². The molecule has 2 rings (SSSR count). The van der Waals surface area contributed by atoms with Gasteiger partial charge < -0.3 is 10.2 Å². The lowest BCUT2D eigenvalue weighted by Crippen LogP contribution is -2.44. The summed E-state index contributed by atoms with van der Waals surface area (Å²) in [6, 6.07) is 6.98. The lowest BCUT2D eigenvalue weighted by molar-refractivity contribution is -0.132. The molecule has 1 heterocycles. The summed E-state index contributed by atoms with van der Waals surface area (Å²) in [5, 5.41) is 2.62. The molecule has 1 aromatic rings. The van der Waals surface area contributed by atoms with Gasteiger partial charge in [0, 0.05) is 31.6 Å². The van der Waals surface area contributed by atoms with Crippen LogP contribution in [0, 0.1) is 12.8 Å². The van der Waals surface area contributed by atoms with E-state index in [4.69, 9.17) is 0 Å². The lowest BCUT2D eigenvalue weighted by Gasteiger charge is -2.30. The van der Waals surface area contributed by atoms with Crippen LogP contribution in [0.1, 0.15) is 28.8 Å². The fourth-order valence-corrected chi connectivity index (χ4v) is 2.52. The van der Waals surface area contributed by atoms with E-state index in [2.05, 4.69) is 5.32 Å². The third-order valence-corrected chi connectivity index (χ3v) is 3.91. The maximum absolute atomic E-state index is 12.2. The van der Waals surface area contributed by atoms with Gasteiger partial charge in [0.15, 0.2) is 0 Å². The normalized spacial score (nSPS) is 15.6. The maximum atomic E-state index is 12.2. The molecule has 0 bridgehead atoms. The predicted octanol–water partition coefficient (Wildman–Crippen LogP) is 1.16. The quantitative estimate of drug-likeness (QED) is 0.670. The first-order valence-electron chi connectivity index (χ1n) is 7.14. The average Bonchev–Trinajstić information content (AvgIpc) is 2.53. The van der Waals surface area contributed by atoms with Crippen molar-refractivity contribution < 1.29 is 14.4 Å². The molecule has 112 valence electrons. The first-order valence-corrected chi connectivity index (χ1v) is 7.14.